The predicted molar refractivity (Wildman–Crippen MR) is 92.2 cm³/mol. The number of aliphatic hydroxyl groups excluding tert-OH is 2. The van der Waals surface area contributed by atoms with Crippen molar-refractivity contribution in [3.8, 4) is 0 Å². The van der Waals surface area contributed by atoms with Crippen molar-refractivity contribution < 1.29 is 19.7 Å². The number of aliphatic hydroxyl groups is 2. The Hall–Kier alpha value is -1.13. The number of fused-ring (bicyclic) bond motifs is 1. The van der Waals surface area contributed by atoms with Crippen LogP contribution in [0.2, 0.25) is 0 Å². The summed E-state index contributed by atoms with van der Waals surface area (Å²) in [5, 5.41) is 20.5. The highest BCUT2D eigenvalue weighted by Crippen LogP contribution is 2.61. The highest BCUT2D eigenvalue weighted by Gasteiger charge is 2.57. The number of ether oxygens (including phenoxy) is 1. The molecule has 0 amide bonds. The van der Waals surface area contributed by atoms with E-state index < -0.39 is 11.5 Å². The molecule has 1 aliphatic heterocycles. The van der Waals surface area contributed by atoms with Gasteiger partial charge in [0.2, 0.25) is 0 Å². The van der Waals surface area contributed by atoms with E-state index in [-0.39, 0.29) is 29.8 Å². The number of rotatable bonds is 3. The van der Waals surface area contributed by atoms with E-state index in [1.807, 2.05) is 13.0 Å². The van der Waals surface area contributed by atoms with E-state index in [0.717, 1.165) is 31.3 Å². The van der Waals surface area contributed by atoms with Gasteiger partial charge in [-0.25, -0.2) is 4.79 Å². The summed E-state index contributed by atoms with van der Waals surface area (Å²) in [4.78, 5) is 11.7. The molecule has 1 saturated heterocycles. The molecule has 134 valence electrons. The fourth-order valence-electron chi connectivity index (χ4n) is 5.53. The first-order valence-electron chi connectivity index (χ1n) is 9.15. The zero-order valence-corrected chi connectivity index (χ0v) is 14.9. The molecule has 4 nitrogen and oxygen atoms in total. The average molecular weight is 334 g/mol. The van der Waals surface area contributed by atoms with Crippen LogP contribution in [-0.2, 0) is 9.53 Å². The van der Waals surface area contributed by atoms with Crippen LogP contribution in [0.3, 0.4) is 0 Å². The minimum Gasteiger partial charge on any atom is -0.462 e. The van der Waals surface area contributed by atoms with Crippen LogP contribution < -0.4 is 0 Å². The first-order valence-corrected chi connectivity index (χ1v) is 9.15. The van der Waals surface area contributed by atoms with Gasteiger partial charge >= 0.3 is 5.97 Å². The molecule has 1 heterocycles. The van der Waals surface area contributed by atoms with E-state index in [4.69, 9.17) is 4.74 Å². The second-order valence-electron chi connectivity index (χ2n) is 8.38. The maximum absolute atomic E-state index is 11.7. The lowest BCUT2D eigenvalue weighted by Crippen LogP contribution is -2.57. The van der Waals surface area contributed by atoms with Gasteiger partial charge in [-0.2, -0.15) is 0 Å². The first-order chi connectivity index (χ1) is 11.3. The van der Waals surface area contributed by atoms with Crippen molar-refractivity contribution in [3.63, 3.8) is 0 Å². The summed E-state index contributed by atoms with van der Waals surface area (Å²) >= 11 is 0. The summed E-state index contributed by atoms with van der Waals surface area (Å²) in [6.07, 6.45) is 6.65. The molecular weight excluding hydrogens is 304 g/mol. The molecule has 0 aromatic rings. The lowest BCUT2D eigenvalue weighted by Gasteiger charge is -2.59. The van der Waals surface area contributed by atoms with Gasteiger partial charge in [0.05, 0.1) is 19.3 Å². The standard InChI is InChI=1S/C20H30O4/c1-13-4-7-16-19(2,10-8-17(22)20(16,3)12-21)15(13)6-5-14-9-11-24-18(14)23/h5,15-17,21-22H,1,4,6-12H2,2-3H3/b14-5-/t15-,16-,17-,19+,20+/m1/s1. The van der Waals surface area contributed by atoms with E-state index in [1.165, 1.54) is 5.57 Å². The number of hydrogen-bond donors (Lipinski definition) is 2. The van der Waals surface area contributed by atoms with Crippen LogP contribution in [0.4, 0.5) is 0 Å². The Morgan fingerprint density at radius 1 is 1.33 bits per heavy atom. The third-order valence-corrected chi connectivity index (χ3v) is 7.16. The summed E-state index contributed by atoms with van der Waals surface area (Å²) in [7, 11) is 0. The molecule has 2 saturated carbocycles. The van der Waals surface area contributed by atoms with Gasteiger partial charge in [-0.05, 0) is 49.4 Å². The number of esters is 1. The second kappa shape index (κ2) is 6.30. The van der Waals surface area contributed by atoms with Gasteiger partial charge in [-0.15, -0.1) is 0 Å². The van der Waals surface area contributed by atoms with Crippen LogP contribution in [0.5, 0.6) is 0 Å². The lowest BCUT2D eigenvalue weighted by atomic mass is 9.46. The number of carbonyl (C=O) groups excluding carboxylic acids is 1. The average Bonchev–Trinajstić information content (AvgIpc) is 2.96. The molecule has 0 aromatic carbocycles. The molecule has 0 bridgehead atoms. The summed E-state index contributed by atoms with van der Waals surface area (Å²) < 4.78 is 5.03. The second-order valence-corrected chi connectivity index (χ2v) is 8.38. The zero-order chi connectivity index (χ0) is 17.5. The van der Waals surface area contributed by atoms with Crippen molar-refractivity contribution in [1.29, 1.82) is 0 Å². The molecule has 3 aliphatic rings. The van der Waals surface area contributed by atoms with Crippen molar-refractivity contribution in [1.82, 2.24) is 0 Å². The fourth-order valence-corrected chi connectivity index (χ4v) is 5.53. The van der Waals surface area contributed by atoms with Crippen LogP contribution in [-0.4, -0.2) is 35.5 Å². The van der Waals surface area contributed by atoms with E-state index in [9.17, 15) is 15.0 Å². The number of carbonyl (C=O) groups is 1. The first kappa shape index (κ1) is 17.7. The van der Waals surface area contributed by atoms with Gasteiger partial charge in [0, 0.05) is 17.4 Å². The molecule has 0 spiro atoms. The van der Waals surface area contributed by atoms with Crippen molar-refractivity contribution in [2.24, 2.45) is 22.7 Å². The van der Waals surface area contributed by atoms with E-state index >= 15 is 0 Å². The largest absolute Gasteiger partial charge is 0.462 e. The van der Waals surface area contributed by atoms with E-state index in [1.54, 1.807) is 0 Å². The monoisotopic (exact) mass is 334 g/mol. The topological polar surface area (TPSA) is 66.8 Å². The number of cyclic esters (lactones) is 1. The van der Waals surface area contributed by atoms with E-state index in [0.29, 0.717) is 19.4 Å². The highest BCUT2D eigenvalue weighted by molar-refractivity contribution is 5.90. The maximum atomic E-state index is 11.7. The molecular formula is C20H30O4. The Morgan fingerprint density at radius 3 is 2.71 bits per heavy atom. The fraction of sp³-hybridized carbons (Fsp3) is 0.750. The normalized spacial score (nSPS) is 44.5. The number of hydrogen-bond acceptors (Lipinski definition) is 4. The molecule has 3 fully saturated rings. The molecule has 0 radical (unpaired) electrons. The quantitative estimate of drug-likeness (QED) is 0.473. The smallest absolute Gasteiger partial charge is 0.333 e. The van der Waals surface area contributed by atoms with Crippen molar-refractivity contribution in [2.75, 3.05) is 13.2 Å². The van der Waals surface area contributed by atoms with Crippen molar-refractivity contribution >= 4 is 5.97 Å². The summed E-state index contributed by atoms with van der Waals surface area (Å²) in [5.41, 5.74) is 1.58. The third-order valence-electron chi connectivity index (χ3n) is 7.16. The Kier molecular flexibility index (Phi) is 4.65. The Balaban J connectivity index is 1.88. The highest BCUT2D eigenvalue weighted by atomic mass is 16.5. The molecule has 4 heteroatoms. The minimum atomic E-state index is -0.453. The summed E-state index contributed by atoms with van der Waals surface area (Å²) in [6, 6.07) is 0. The minimum absolute atomic E-state index is 0.00557. The maximum Gasteiger partial charge on any atom is 0.333 e. The van der Waals surface area contributed by atoms with Crippen molar-refractivity contribution in [3.05, 3.63) is 23.8 Å². The molecule has 2 N–H and O–H groups in total. The summed E-state index contributed by atoms with van der Waals surface area (Å²) in [5.74, 6) is 0.371. The van der Waals surface area contributed by atoms with Crippen LogP contribution in [0, 0.1) is 22.7 Å². The van der Waals surface area contributed by atoms with Gasteiger partial charge in [0.15, 0.2) is 0 Å². The molecule has 24 heavy (non-hydrogen) atoms. The molecule has 3 rings (SSSR count). The third kappa shape index (κ3) is 2.64. The molecule has 2 aliphatic carbocycles. The van der Waals surface area contributed by atoms with Crippen LogP contribution in [0.1, 0.15) is 52.4 Å². The lowest BCUT2D eigenvalue weighted by molar-refractivity contribution is -0.151. The Morgan fingerprint density at radius 2 is 2.08 bits per heavy atom. The summed E-state index contributed by atoms with van der Waals surface area (Å²) in [6.45, 7) is 9.14. The molecule has 0 unspecified atom stereocenters. The number of allylic oxidation sites excluding steroid dienone is 2. The van der Waals surface area contributed by atoms with Crippen LogP contribution in [0.25, 0.3) is 0 Å². The van der Waals surface area contributed by atoms with Crippen molar-refractivity contribution in [2.45, 2.75) is 58.5 Å². The van der Waals surface area contributed by atoms with Crippen LogP contribution >= 0.6 is 0 Å². The predicted octanol–water partition coefficient (Wildman–Crippen LogP) is 2.99. The van der Waals surface area contributed by atoms with Gasteiger partial charge in [-0.3, -0.25) is 0 Å². The van der Waals surface area contributed by atoms with Gasteiger partial charge < -0.3 is 14.9 Å². The zero-order valence-electron chi connectivity index (χ0n) is 14.9. The SMILES string of the molecule is C=C1CC[C@H]2[C@](C)(CO)[C@H](O)CC[C@@]2(C)[C@@H]1C/C=C1/CCOC1=O. The molecule has 0 aromatic heterocycles. The van der Waals surface area contributed by atoms with Crippen LogP contribution in [0.15, 0.2) is 23.8 Å². The van der Waals surface area contributed by atoms with Gasteiger partial charge in [-0.1, -0.05) is 32.1 Å². The van der Waals surface area contributed by atoms with E-state index in [2.05, 4.69) is 13.5 Å². The Labute approximate surface area is 144 Å². The molecule has 5 atom stereocenters. The van der Waals surface area contributed by atoms with Gasteiger partial charge in [0.25, 0.3) is 0 Å². The van der Waals surface area contributed by atoms with Gasteiger partial charge in [0.1, 0.15) is 0 Å². The Bertz CT molecular complexity index is 566.